The Hall–Kier alpha value is -2.53. The van der Waals surface area contributed by atoms with Crippen molar-refractivity contribution in [3.8, 4) is 0 Å². The molecule has 2 aromatic heterocycles. The van der Waals surface area contributed by atoms with Gasteiger partial charge in [-0.25, -0.2) is 18.4 Å². The first-order chi connectivity index (χ1) is 14.2. The molecule has 154 valence electrons. The Morgan fingerprint density at radius 3 is 2.43 bits per heavy atom. The molecule has 7 nitrogen and oxygen atoms in total. The van der Waals surface area contributed by atoms with E-state index in [4.69, 9.17) is 11.6 Å². The molecule has 0 atom stereocenters. The van der Waals surface area contributed by atoms with E-state index in [-0.39, 0.29) is 10.0 Å². The predicted octanol–water partition coefficient (Wildman–Crippen LogP) is 5.08. The van der Waals surface area contributed by atoms with Gasteiger partial charge in [-0.2, -0.15) is 0 Å². The summed E-state index contributed by atoms with van der Waals surface area (Å²) in [6.45, 7) is 3.61. The van der Waals surface area contributed by atoms with Gasteiger partial charge >= 0.3 is 0 Å². The van der Waals surface area contributed by atoms with Crippen molar-refractivity contribution in [2.75, 3.05) is 10.0 Å². The summed E-state index contributed by atoms with van der Waals surface area (Å²) in [6, 6.07) is 11.6. The topological polar surface area (TPSA) is 101 Å². The molecule has 4 aromatic rings. The van der Waals surface area contributed by atoms with Crippen LogP contribution in [0, 0.1) is 13.8 Å². The summed E-state index contributed by atoms with van der Waals surface area (Å²) in [5.41, 5.74) is 2.29. The van der Waals surface area contributed by atoms with Gasteiger partial charge in [-0.1, -0.05) is 46.4 Å². The maximum Gasteiger partial charge on any atom is 0.269 e. The number of nitrogens with zero attached hydrogens (tertiary/aromatic N) is 2. The number of carbonyl (C=O) groups excluding carboxylic acids is 1. The summed E-state index contributed by atoms with van der Waals surface area (Å²) >= 11 is 8.14. The van der Waals surface area contributed by atoms with Crippen LogP contribution in [0.25, 0.3) is 10.2 Å². The summed E-state index contributed by atoms with van der Waals surface area (Å²) in [6.07, 6.45) is 0. The molecule has 0 aliphatic carbocycles. The molecule has 30 heavy (non-hydrogen) atoms. The Morgan fingerprint density at radius 1 is 1.00 bits per heavy atom. The van der Waals surface area contributed by atoms with Gasteiger partial charge in [0.1, 0.15) is 4.88 Å². The second kappa shape index (κ2) is 7.95. The number of rotatable bonds is 5. The van der Waals surface area contributed by atoms with Gasteiger partial charge in [-0.3, -0.25) is 14.8 Å². The lowest BCUT2D eigenvalue weighted by atomic mass is 10.2. The molecule has 2 aromatic carbocycles. The Kier molecular flexibility index (Phi) is 5.49. The molecule has 0 radical (unpaired) electrons. The third-order valence-corrected chi connectivity index (χ3v) is 7.93. The normalized spacial score (nSPS) is 11.6. The summed E-state index contributed by atoms with van der Waals surface area (Å²) < 4.78 is 28.4. The van der Waals surface area contributed by atoms with Crippen LogP contribution < -0.4 is 10.0 Å². The third kappa shape index (κ3) is 4.17. The van der Waals surface area contributed by atoms with E-state index in [1.165, 1.54) is 35.6 Å². The Balaban J connectivity index is 1.54. The van der Waals surface area contributed by atoms with E-state index in [0.717, 1.165) is 27.1 Å². The molecule has 2 N–H and O–H groups in total. The summed E-state index contributed by atoms with van der Waals surface area (Å²) in [5.74, 6) is -0.390. The fraction of sp³-hybridized carbons (Fsp3) is 0.105. The number of aryl methyl sites for hydroxylation is 2. The quantitative estimate of drug-likeness (QED) is 0.416. The Morgan fingerprint density at radius 2 is 1.73 bits per heavy atom. The van der Waals surface area contributed by atoms with Gasteiger partial charge in [0.05, 0.1) is 20.8 Å². The highest BCUT2D eigenvalue weighted by Crippen LogP contribution is 2.30. The van der Waals surface area contributed by atoms with E-state index < -0.39 is 15.9 Å². The van der Waals surface area contributed by atoms with E-state index in [1.807, 2.05) is 25.1 Å². The summed E-state index contributed by atoms with van der Waals surface area (Å²) in [4.78, 5) is 21.7. The van der Waals surface area contributed by atoms with Crippen molar-refractivity contribution in [2.45, 2.75) is 18.7 Å². The number of thiazole rings is 2. The molecule has 4 rings (SSSR count). The standard InChI is InChI=1S/C19H15ClN4O3S3/c1-10-4-3-5-14-15(10)22-18(28-14)23-17(25)16-11(2)21-19(29-16)24-30(26,27)13-8-6-12(20)7-9-13/h3-9H,1-2H3,(H,21,24)(H,22,23,25). The largest absolute Gasteiger partial charge is 0.297 e. The predicted molar refractivity (Wildman–Crippen MR) is 121 cm³/mol. The van der Waals surface area contributed by atoms with Crippen LogP contribution in [-0.4, -0.2) is 24.3 Å². The molecule has 0 saturated carbocycles. The number of halogens is 1. The summed E-state index contributed by atoms with van der Waals surface area (Å²) in [7, 11) is -3.84. The van der Waals surface area contributed by atoms with Crippen molar-refractivity contribution in [3.63, 3.8) is 0 Å². The fourth-order valence-corrected chi connectivity index (χ4v) is 5.89. The second-order valence-corrected chi connectivity index (χ2v) is 10.5. The number of hydrogen-bond donors (Lipinski definition) is 2. The Labute approximate surface area is 185 Å². The number of benzene rings is 2. The highest BCUT2D eigenvalue weighted by Gasteiger charge is 2.21. The van der Waals surface area contributed by atoms with E-state index >= 15 is 0 Å². The van der Waals surface area contributed by atoms with Gasteiger partial charge in [0.2, 0.25) is 0 Å². The molecule has 0 spiro atoms. The molecule has 1 amide bonds. The molecular formula is C19H15ClN4O3S3. The van der Waals surface area contributed by atoms with E-state index in [1.54, 1.807) is 6.92 Å². The maximum absolute atomic E-state index is 12.7. The second-order valence-electron chi connectivity index (χ2n) is 6.39. The van der Waals surface area contributed by atoms with Gasteiger partial charge in [0.15, 0.2) is 10.3 Å². The van der Waals surface area contributed by atoms with Crippen molar-refractivity contribution in [2.24, 2.45) is 0 Å². The average Bonchev–Trinajstić information content (AvgIpc) is 3.25. The number of anilines is 2. The molecule has 11 heteroatoms. The first kappa shape index (κ1) is 20.7. The first-order valence-electron chi connectivity index (χ1n) is 8.66. The molecule has 0 unspecified atom stereocenters. The molecule has 0 bridgehead atoms. The zero-order chi connectivity index (χ0) is 21.5. The van der Waals surface area contributed by atoms with Crippen molar-refractivity contribution < 1.29 is 13.2 Å². The van der Waals surface area contributed by atoms with Crippen LogP contribution in [0.4, 0.5) is 10.3 Å². The van der Waals surface area contributed by atoms with Crippen molar-refractivity contribution in [1.82, 2.24) is 9.97 Å². The molecular weight excluding hydrogens is 464 g/mol. The molecule has 0 saturated heterocycles. The minimum atomic E-state index is -3.84. The lowest BCUT2D eigenvalue weighted by Crippen LogP contribution is -2.12. The number of sulfonamides is 1. The van der Waals surface area contributed by atoms with Crippen LogP contribution in [0.15, 0.2) is 47.4 Å². The van der Waals surface area contributed by atoms with E-state index in [9.17, 15) is 13.2 Å². The van der Waals surface area contributed by atoms with E-state index in [2.05, 4.69) is 20.0 Å². The van der Waals surface area contributed by atoms with Crippen LogP contribution in [-0.2, 0) is 10.0 Å². The average molecular weight is 479 g/mol. The first-order valence-corrected chi connectivity index (χ1v) is 12.2. The molecule has 0 aliphatic heterocycles. The lowest BCUT2D eigenvalue weighted by molar-refractivity contribution is 0.103. The minimum absolute atomic E-state index is 0.0515. The SMILES string of the molecule is Cc1nc(NS(=O)(=O)c2ccc(Cl)cc2)sc1C(=O)Nc1nc2c(C)cccc2s1. The number of nitrogens with one attached hydrogen (secondary N) is 2. The fourth-order valence-electron chi connectivity index (χ4n) is 2.73. The molecule has 2 heterocycles. The zero-order valence-electron chi connectivity index (χ0n) is 15.8. The third-order valence-electron chi connectivity index (χ3n) is 4.19. The van der Waals surface area contributed by atoms with E-state index in [0.29, 0.717) is 20.7 Å². The monoisotopic (exact) mass is 478 g/mol. The number of aromatic nitrogens is 2. The minimum Gasteiger partial charge on any atom is -0.297 e. The van der Waals surface area contributed by atoms with Crippen LogP contribution in [0.2, 0.25) is 5.02 Å². The van der Waals surface area contributed by atoms with Gasteiger partial charge in [-0.05, 0) is 49.7 Å². The number of carbonyl (C=O) groups is 1. The highest BCUT2D eigenvalue weighted by atomic mass is 35.5. The molecule has 0 fully saturated rings. The van der Waals surface area contributed by atoms with Crippen molar-refractivity contribution in [1.29, 1.82) is 0 Å². The number of para-hydroxylation sites is 1. The van der Waals surface area contributed by atoms with Gasteiger partial charge in [0.25, 0.3) is 15.9 Å². The van der Waals surface area contributed by atoms with Crippen molar-refractivity contribution >= 4 is 70.7 Å². The van der Waals surface area contributed by atoms with Crippen LogP contribution in [0.5, 0.6) is 0 Å². The zero-order valence-corrected chi connectivity index (χ0v) is 19.0. The number of hydrogen-bond acceptors (Lipinski definition) is 7. The maximum atomic E-state index is 12.7. The van der Waals surface area contributed by atoms with Crippen LogP contribution in [0.1, 0.15) is 20.9 Å². The van der Waals surface area contributed by atoms with Crippen LogP contribution >= 0.6 is 34.3 Å². The summed E-state index contributed by atoms with van der Waals surface area (Å²) in [5, 5.41) is 3.79. The molecule has 0 aliphatic rings. The van der Waals surface area contributed by atoms with Crippen LogP contribution in [0.3, 0.4) is 0 Å². The smallest absolute Gasteiger partial charge is 0.269 e. The highest BCUT2D eigenvalue weighted by molar-refractivity contribution is 7.93. The number of fused-ring (bicyclic) bond motifs is 1. The van der Waals surface area contributed by atoms with Gasteiger partial charge in [0, 0.05) is 5.02 Å². The van der Waals surface area contributed by atoms with Crippen molar-refractivity contribution in [3.05, 3.63) is 63.6 Å². The van der Waals surface area contributed by atoms with Gasteiger partial charge < -0.3 is 0 Å². The lowest BCUT2D eigenvalue weighted by Gasteiger charge is -2.04. The van der Waals surface area contributed by atoms with Gasteiger partial charge in [-0.15, -0.1) is 0 Å². The number of amides is 1. The Bertz CT molecular complexity index is 1360.